The molecule has 0 amide bonds. The van der Waals surface area contributed by atoms with E-state index in [0.29, 0.717) is 18.8 Å². The van der Waals surface area contributed by atoms with E-state index in [-0.39, 0.29) is 16.6 Å². The number of rotatable bonds is 4. The summed E-state index contributed by atoms with van der Waals surface area (Å²) in [6.07, 6.45) is 4.48. The second-order valence-corrected chi connectivity index (χ2v) is 7.76. The number of hydrogen-bond acceptors (Lipinski definition) is 4. The minimum absolute atomic E-state index is 0.00117. The van der Waals surface area contributed by atoms with Crippen LogP contribution in [-0.2, 0) is 17.1 Å². The Kier molecular flexibility index (Phi) is 4.44. The zero-order valence-corrected chi connectivity index (χ0v) is 13.2. The summed E-state index contributed by atoms with van der Waals surface area (Å²) >= 11 is 5.84. The fourth-order valence-electron chi connectivity index (χ4n) is 2.79. The fourth-order valence-corrected chi connectivity index (χ4v) is 4.56. The molecule has 6 nitrogen and oxygen atoms in total. The number of aryl methyl sites for hydroxylation is 1. The third kappa shape index (κ3) is 3.33. The molecule has 1 heterocycles. The lowest BCUT2D eigenvalue weighted by molar-refractivity contribution is -0.00753. The van der Waals surface area contributed by atoms with Crippen LogP contribution in [0.3, 0.4) is 0 Å². The van der Waals surface area contributed by atoms with Crippen molar-refractivity contribution in [3.63, 3.8) is 0 Å². The predicted octanol–water partition coefficient (Wildman–Crippen LogP) is 1.29. The molecule has 2 N–H and O–H groups in total. The number of nitrogens with one attached hydrogen (secondary N) is 1. The van der Waals surface area contributed by atoms with Crippen molar-refractivity contribution in [3.8, 4) is 0 Å². The largest absolute Gasteiger partial charge is 0.389 e. The van der Waals surface area contributed by atoms with Crippen LogP contribution in [0.4, 0.5) is 0 Å². The van der Waals surface area contributed by atoms with Gasteiger partial charge in [0.05, 0.1) is 16.8 Å². The zero-order valence-electron chi connectivity index (χ0n) is 11.6. The minimum atomic E-state index is -3.77. The molecule has 1 aromatic rings. The maximum atomic E-state index is 12.2. The van der Waals surface area contributed by atoms with Crippen LogP contribution < -0.4 is 4.72 Å². The van der Waals surface area contributed by atoms with Crippen molar-refractivity contribution in [3.05, 3.63) is 11.2 Å². The molecule has 0 bridgehead atoms. The summed E-state index contributed by atoms with van der Waals surface area (Å²) in [4.78, 5) is 0. The van der Waals surface area contributed by atoms with E-state index in [9.17, 15) is 13.5 Å². The molecule has 2 atom stereocenters. The van der Waals surface area contributed by atoms with Crippen molar-refractivity contribution in [2.75, 3.05) is 6.54 Å². The van der Waals surface area contributed by atoms with Gasteiger partial charge in [0, 0.05) is 13.6 Å². The summed E-state index contributed by atoms with van der Waals surface area (Å²) in [5.74, 6) is 0.401. The lowest BCUT2D eigenvalue weighted by Gasteiger charge is -2.35. The molecule has 1 aliphatic carbocycles. The standard InChI is InChI=1S/C12H20ClN3O3S/c1-9-4-3-5-12(17,6-9)8-15-20(18,19)11-10(13)7-14-16(11)2/h7,9,15,17H,3-6,8H2,1-2H3. The van der Waals surface area contributed by atoms with Crippen LogP contribution in [0, 0.1) is 5.92 Å². The van der Waals surface area contributed by atoms with E-state index >= 15 is 0 Å². The number of sulfonamides is 1. The molecule has 1 fully saturated rings. The first-order chi connectivity index (χ1) is 9.23. The van der Waals surface area contributed by atoms with Gasteiger partial charge >= 0.3 is 0 Å². The van der Waals surface area contributed by atoms with Crippen molar-refractivity contribution in [2.45, 2.75) is 43.2 Å². The average molecular weight is 322 g/mol. The monoisotopic (exact) mass is 321 g/mol. The number of aliphatic hydroxyl groups is 1. The molecule has 2 unspecified atom stereocenters. The molecule has 1 aliphatic rings. The first kappa shape index (κ1) is 15.8. The third-order valence-corrected chi connectivity index (χ3v) is 5.66. The van der Waals surface area contributed by atoms with Gasteiger partial charge in [-0.25, -0.2) is 13.1 Å². The molecule has 2 rings (SSSR count). The number of nitrogens with zero attached hydrogens (tertiary/aromatic N) is 2. The highest BCUT2D eigenvalue weighted by Crippen LogP contribution is 2.32. The summed E-state index contributed by atoms with van der Waals surface area (Å²) in [6, 6.07) is 0. The smallest absolute Gasteiger partial charge is 0.259 e. The van der Waals surface area contributed by atoms with Crippen LogP contribution in [0.5, 0.6) is 0 Å². The topological polar surface area (TPSA) is 84.2 Å². The van der Waals surface area contributed by atoms with Gasteiger partial charge in [0.15, 0.2) is 5.03 Å². The molecule has 1 saturated carbocycles. The lowest BCUT2D eigenvalue weighted by atomic mass is 9.79. The maximum absolute atomic E-state index is 12.2. The van der Waals surface area contributed by atoms with Gasteiger partial charge in [0.1, 0.15) is 0 Å². The quantitative estimate of drug-likeness (QED) is 0.875. The Labute approximate surface area is 124 Å². The van der Waals surface area contributed by atoms with Crippen molar-refractivity contribution in [1.82, 2.24) is 14.5 Å². The van der Waals surface area contributed by atoms with Gasteiger partial charge < -0.3 is 5.11 Å². The normalized spacial score (nSPS) is 27.7. The SMILES string of the molecule is CC1CCCC(O)(CNS(=O)(=O)c2c(Cl)cnn2C)C1. The van der Waals surface area contributed by atoms with E-state index in [1.54, 1.807) is 0 Å². The highest BCUT2D eigenvalue weighted by Gasteiger charge is 2.34. The number of hydrogen-bond donors (Lipinski definition) is 2. The zero-order chi connectivity index (χ0) is 15.0. The first-order valence-electron chi connectivity index (χ1n) is 6.63. The Morgan fingerprint density at radius 2 is 2.35 bits per heavy atom. The highest BCUT2D eigenvalue weighted by molar-refractivity contribution is 7.89. The predicted molar refractivity (Wildman–Crippen MR) is 76.0 cm³/mol. The lowest BCUT2D eigenvalue weighted by Crippen LogP contribution is -2.46. The summed E-state index contributed by atoms with van der Waals surface area (Å²) in [7, 11) is -2.26. The van der Waals surface area contributed by atoms with Gasteiger partial charge in [-0.3, -0.25) is 4.68 Å². The Hall–Kier alpha value is -0.630. The van der Waals surface area contributed by atoms with Crippen LogP contribution in [0.15, 0.2) is 11.2 Å². The molecule has 8 heteroatoms. The summed E-state index contributed by atoms with van der Waals surface area (Å²) in [5, 5.41) is 14.3. The molecule has 0 spiro atoms. The van der Waals surface area contributed by atoms with Crippen LogP contribution in [0.1, 0.15) is 32.6 Å². The Morgan fingerprint density at radius 1 is 1.65 bits per heavy atom. The molecule has 0 aromatic carbocycles. The molecule has 1 aromatic heterocycles. The minimum Gasteiger partial charge on any atom is -0.389 e. The van der Waals surface area contributed by atoms with Gasteiger partial charge in [-0.15, -0.1) is 0 Å². The Morgan fingerprint density at radius 3 is 2.90 bits per heavy atom. The average Bonchev–Trinajstić information content (AvgIpc) is 2.67. The Bertz CT molecular complexity index is 567. The van der Waals surface area contributed by atoms with Crippen LogP contribution in [-0.4, -0.2) is 35.5 Å². The fraction of sp³-hybridized carbons (Fsp3) is 0.750. The number of aromatic nitrogens is 2. The van der Waals surface area contributed by atoms with E-state index < -0.39 is 15.6 Å². The van der Waals surface area contributed by atoms with E-state index in [1.165, 1.54) is 17.9 Å². The van der Waals surface area contributed by atoms with Gasteiger partial charge in [0.2, 0.25) is 0 Å². The van der Waals surface area contributed by atoms with E-state index in [0.717, 1.165) is 12.8 Å². The summed E-state index contributed by atoms with van der Waals surface area (Å²) < 4.78 is 28.1. The summed E-state index contributed by atoms with van der Waals surface area (Å²) in [6.45, 7) is 2.07. The second-order valence-electron chi connectivity index (χ2n) is 5.67. The van der Waals surface area contributed by atoms with Crippen LogP contribution >= 0.6 is 11.6 Å². The molecule has 114 valence electrons. The molecule has 0 radical (unpaired) electrons. The second kappa shape index (κ2) is 5.63. The molecule has 0 saturated heterocycles. The van der Waals surface area contributed by atoms with Crippen LogP contribution in [0.25, 0.3) is 0 Å². The van der Waals surface area contributed by atoms with E-state index in [1.807, 2.05) is 0 Å². The van der Waals surface area contributed by atoms with Crippen molar-refractivity contribution in [1.29, 1.82) is 0 Å². The Balaban J connectivity index is 2.10. The maximum Gasteiger partial charge on any atom is 0.259 e. The highest BCUT2D eigenvalue weighted by atomic mass is 35.5. The van der Waals surface area contributed by atoms with E-state index in [2.05, 4.69) is 16.7 Å². The first-order valence-corrected chi connectivity index (χ1v) is 8.49. The molecule has 20 heavy (non-hydrogen) atoms. The van der Waals surface area contributed by atoms with Gasteiger partial charge in [-0.2, -0.15) is 5.10 Å². The molecular weight excluding hydrogens is 302 g/mol. The summed E-state index contributed by atoms with van der Waals surface area (Å²) in [5.41, 5.74) is -0.976. The van der Waals surface area contributed by atoms with Gasteiger partial charge in [-0.1, -0.05) is 31.4 Å². The van der Waals surface area contributed by atoms with Crippen LogP contribution in [0.2, 0.25) is 5.02 Å². The molecular formula is C12H20ClN3O3S. The third-order valence-electron chi connectivity index (χ3n) is 3.76. The van der Waals surface area contributed by atoms with Crippen molar-refractivity contribution in [2.24, 2.45) is 13.0 Å². The molecule has 0 aliphatic heterocycles. The van der Waals surface area contributed by atoms with Gasteiger partial charge in [0.25, 0.3) is 10.0 Å². The number of halogens is 1. The van der Waals surface area contributed by atoms with Gasteiger partial charge in [-0.05, 0) is 18.8 Å². The van der Waals surface area contributed by atoms with Crippen molar-refractivity contribution < 1.29 is 13.5 Å². The van der Waals surface area contributed by atoms with E-state index in [4.69, 9.17) is 11.6 Å². The van der Waals surface area contributed by atoms with Crippen molar-refractivity contribution >= 4 is 21.6 Å².